The highest BCUT2D eigenvalue weighted by Crippen LogP contribution is 2.32. The lowest BCUT2D eigenvalue weighted by Gasteiger charge is -2.21. The molecule has 148 valence electrons. The monoisotopic (exact) mass is 397 g/mol. The topological polar surface area (TPSA) is 85.0 Å². The van der Waals surface area contributed by atoms with Gasteiger partial charge in [-0.3, -0.25) is 4.79 Å². The first-order valence-electron chi connectivity index (χ1n) is 9.82. The van der Waals surface area contributed by atoms with Crippen molar-refractivity contribution in [3.8, 4) is 22.8 Å². The molecule has 30 heavy (non-hydrogen) atoms. The zero-order valence-corrected chi connectivity index (χ0v) is 16.2. The Kier molecular flexibility index (Phi) is 4.77. The number of aromatic nitrogens is 4. The van der Waals surface area contributed by atoms with Crippen molar-refractivity contribution in [1.29, 1.82) is 0 Å². The molecule has 1 aliphatic heterocycles. The van der Waals surface area contributed by atoms with Gasteiger partial charge in [-0.05, 0) is 28.3 Å². The summed E-state index contributed by atoms with van der Waals surface area (Å²) in [6.45, 7) is 1.16. The molecule has 1 aliphatic rings. The molecule has 3 heterocycles. The zero-order chi connectivity index (χ0) is 20.3. The molecule has 0 atom stereocenters. The number of benzene rings is 2. The van der Waals surface area contributed by atoms with Gasteiger partial charge in [0.1, 0.15) is 0 Å². The summed E-state index contributed by atoms with van der Waals surface area (Å²) in [5, 5.41) is 3.92. The van der Waals surface area contributed by atoms with Gasteiger partial charge in [-0.2, -0.15) is 4.98 Å². The SMILES string of the molecule is O=C(CCc1nc(-c2ncccn2)no1)N1Cc2ccccc2-c2ccccc2C1. The highest BCUT2D eigenvalue weighted by molar-refractivity contribution is 5.79. The van der Waals surface area contributed by atoms with Crippen molar-refractivity contribution >= 4 is 5.91 Å². The Labute approximate surface area is 173 Å². The fourth-order valence-electron chi connectivity index (χ4n) is 3.72. The normalized spacial score (nSPS) is 12.7. The maximum Gasteiger partial charge on any atom is 0.240 e. The van der Waals surface area contributed by atoms with Gasteiger partial charge in [0, 0.05) is 38.3 Å². The summed E-state index contributed by atoms with van der Waals surface area (Å²) in [7, 11) is 0. The molecule has 2 aromatic carbocycles. The average molecular weight is 397 g/mol. The maximum absolute atomic E-state index is 13.0. The number of amides is 1. The van der Waals surface area contributed by atoms with E-state index in [1.165, 1.54) is 11.1 Å². The van der Waals surface area contributed by atoms with E-state index in [1.807, 2.05) is 29.2 Å². The van der Waals surface area contributed by atoms with Gasteiger partial charge in [-0.15, -0.1) is 0 Å². The third kappa shape index (κ3) is 3.57. The second kappa shape index (κ2) is 7.87. The summed E-state index contributed by atoms with van der Waals surface area (Å²) in [5.41, 5.74) is 4.68. The molecule has 2 aromatic heterocycles. The van der Waals surface area contributed by atoms with Crippen LogP contribution >= 0.6 is 0 Å². The van der Waals surface area contributed by atoms with Crippen LogP contribution in [-0.4, -0.2) is 30.9 Å². The summed E-state index contributed by atoms with van der Waals surface area (Å²) in [5.74, 6) is 1.19. The van der Waals surface area contributed by atoms with Crippen LogP contribution in [0.5, 0.6) is 0 Å². The summed E-state index contributed by atoms with van der Waals surface area (Å²) in [6.07, 6.45) is 3.91. The Morgan fingerprint density at radius 3 is 2.17 bits per heavy atom. The molecule has 0 spiro atoms. The summed E-state index contributed by atoms with van der Waals surface area (Å²) in [6, 6.07) is 18.2. The van der Waals surface area contributed by atoms with Crippen LogP contribution in [-0.2, 0) is 24.3 Å². The van der Waals surface area contributed by atoms with Crippen molar-refractivity contribution < 1.29 is 9.32 Å². The van der Waals surface area contributed by atoms with Crippen molar-refractivity contribution in [2.24, 2.45) is 0 Å². The van der Waals surface area contributed by atoms with Crippen LogP contribution < -0.4 is 0 Å². The van der Waals surface area contributed by atoms with Crippen molar-refractivity contribution in [1.82, 2.24) is 25.0 Å². The number of nitrogens with zero attached hydrogens (tertiary/aromatic N) is 5. The molecule has 0 saturated carbocycles. The summed E-state index contributed by atoms with van der Waals surface area (Å²) < 4.78 is 5.28. The lowest BCUT2D eigenvalue weighted by molar-refractivity contribution is -0.132. The van der Waals surface area contributed by atoms with Gasteiger partial charge in [0.05, 0.1) is 0 Å². The van der Waals surface area contributed by atoms with Gasteiger partial charge >= 0.3 is 0 Å². The van der Waals surface area contributed by atoms with E-state index in [9.17, 15) is 4.79 Å². The fourth-order valence-corrected chi connectivity index (χ4v) is 3.72. The highest BCUT2D eigenvalue weighted by Gasteiger charge is 2.23. The standard InChI is InChI=1S/C23H19N5O2/c29-21(11-10-20-26-23(27-30-20)22-24-12-5-13-25-22)28-14-16-6-1-3-8-18(16)19-9-4-2-7-17(19)15-28/h1-9,12-13H,10-11,14-15H2. The molecule has 1 amide bonds. The third-order valence-electron chi connectivity index (χ3n) is 5.19. The van der Waals surface area contributed by atoms with Crippen molar-refractivity contribution in [3.63, 3.8) is 0 Å². The van der Waals surface area contributed by atoms with Crippen LogP contribution in [0.3, 0.4) is 0 Å². The van der Waals surface area contributed by atoms with Crippen molar-refractivity contribution in [3.05, 3.63) is 84.0 Å². The number of hydrogen-bond donors (Lipinski definition) is 0. The van der Waals surface area contributed by atoms with E-state index >= 15 is 0 Å². The molecule has 7 heteroatoms. The average Bonchev–Trinajstić information content (AvgIpc) is 3.20. The third-order valence-corrected chi connectivity index (χ3v) is 5.19. The highest BCUT2D eigenvalue weighted by atomic mass is 16.5. The lowest BCUT2D eigenvalue weighted by atomic mass is 9.97. The van der Waals surface area contributed by atoms with Crippen LogP contribution in [0.1, 0.15) is 23.4 Å². The molecule has 0 bridgehead atoms. The molecule has 5 rings (SSSR count). The van der Waals surface area contributed by atoms with Crippen molar-refractivity contribution in [2.45, 2.75) is 25.9 Å². The second-order valence-electron chi connectivity index (χ2n) is 7.15. The zero-order valence-electron chi connectivity index (χ0n) is 16.2. The summed E-state index contributed by atoms with van der Waals surface area (Å²) >= 11 is 0. The quantitative estimate of drug-likeness (QED) is 0.522. The molecular weight excluding hydrogens is 378 g/mol. The molecule has 4 aromatic rings. The van der Waals surface area contributed by atoms with E-state index in [4.69, 9.17) is 4.52 Å². The Balaban J connectivity index is 1.32. The maximum atomic E-state index is 13.0. The van der Waals surface area contributed by atoms with Crippen molar-refractivity contribution in [2.75, 3.05) is 0 Å². The van der Waals surface area contributed by atoms with Crippen LogP contribution in [0.4, 0.5) is 0 Å². The lowest BCUT2D eigenvalue weighted by Crippen LogP contribution is -2.29. The van der Waals surface area contributed by atoms with Crippen LogP contribution in [0.2, 0.25) is 0 Å². The van der Waals surface area contributed by atoms with E-state index in [-0.39, 0.29) is 5.91 Å². The molecule has 0 radical (unpaired) electrons. The van der Waals surface area contributed by atoms with Crippen LogP contribution in [0.25, 0.3) is 22.8 Å². The van der Waals surface area contributed by atoms with E-state index in [0.29, 0.717) is 43.5 Å². The van der Waals surface area contributed by atoms with Crippen LogP contribution in [0.15, 0.2) is 71.5 Å². The van der Waals surface area contributed by atoms with Gasteiger partial charge < -0.3 is 9.42 Å². The molecule has 0 N–H and O–H groups in total. The Hall–Kier alpha value is -3.87. The number of hydrogen-bond acceptors (Lipinski definition) is 6. The van der Waals surface area contributed by atoms with E-state index in [2.05, 4.69) is 44.4 Å². The number of aryl methyl sites for hydroxylation is 1. The van der Waals surface area contributed by atoms with E-state index in [1.54, 1.807) is 18.5 Å². The Bertz CT molecular complexity index is 1140. The number of rotatable bonds is 4. The minimum Gasteiger partial charge on any atom is -0.339 e. The first-order chi connectivity index (χ1) is 14.8. The summed E-state index contributed by atoms with van der Waals surface area (Å²) in [4.78, 5) is 27.5. The predicted molar refractivity (Wildman–Crippen MR) is 110 cm³/mol. The number of carbonyl (C=O) groups is 1. The molecule has 0 fully saturated rings. The van der Waals surface area contributed by atoms with E-state index in [0.717, 1.165) is 11.1 Å². The minimum absolute atomic E-state index is 0.0530. The largest absolute Gasteiger partial charge is 0.339 e. The first-order valence-corrected chi connectivity index (χ1v) is 9.82. The fraction of sp³-hybridized carbons (Fsp3) is 0.174. The van der Waals surface area contributed by atoms with E-state index < -0.39 is 0 Å². The molecule has 0 unspecified atom stereocenters. The first kappa shape index (κ1) is 18.2. The Morgan fingerprint density at radius 2 is 1.50 bits per heavy atom. The second-order valence-corrected chi connectivity index (χ2v) is 7.15. The van der Waals surface area contributed by atoms with Crippen LogP contribution in [0, 0.1) is 0 Å². The molecular formula is C23H19N5O2. The number of carbonyl (C=O) groups excluding carboxylic acids is 1. The smallest absolute Gasteiger partial charge is 0.240 e. The Morgan fingerprint density at radius 1 is 0.867 bits per heavy atom. The van der Waals surface area contributed by atoms with Gasteiger partial charge in [0.25, 0.3) is 0 Å². The van der Waals surface area contributed by atoms with Gasteiger partial charge in [0.15, 0.2) is 0 Å². The number of fused-ring (bicyclic) bond motifs is 3. The predicted octanol–water partition coefficient (Wildman–Crippen LogP) is 3.67. The van der Waals surface area contributed by atoms with Gasteiger partial charge in [-0.25, -0.2) is 9.97 Å². The molecule has 0 saturated heterocycles. The molecule has 7 nitrogen and oxygen atoms in total. The van der Waals surface area contributed by atoms with Gasteiger partial charge in [-0.1, -0.05) is 53.7 Å². The van der Waals surface area contributed by atoms with Gasteiger partial charge in [0.2, 0.25) is 23.4 Å². The minimum atomic E-state index is 0.0530. The molecule has 0 aliphatic carbocycles.